The number of nitrogens with zero attached hydrogens (tertiary/aromatic N) is 3. The highest BCUT2D eigenvalue weighted by atomic mass is 35.5. The van der Waals surface area contributed by atoms with Crippen LogP contribution in [0.5, 0.6) is 0 Å². The second-order valence-electron chi connectivity index (χ2n) is 5.57. The van der Waals surface area contributed by atoms with Crippen LogP contribution in [0.1, 0.15) is 35.4 Å². The molecule has 0 radical (unpaired) electrons. The van der Waals surface area contributed by atoms with E-state index < -0.39 is 0 Å². The first-order chi connectivity index (χ1) is 10.7. The number of piperidine rings is 1. The molecule has 2 aromatic heterocycles. The molecule has 1 atom stereocenters. The van der Waals surface area contributed by atoms with Gasteiger partial charge in [0.1, 0.15) is 0 Å². The summed E-state index contributed by atoms with van der Waals surface area (Å²) in [5, 5.41) is 4.04. The van der Waals surface area contributed by atoms with Crippen LogP contribution in [0.4, 0.5) is 0 Å². The molecule has 0 saturated carbocycles. The van der Waals surface area contributed by atoms with Crippen molar-refractivity contribution >= 4 is 22.9 Å². The van der Waals surface area contributed by atoms with E-state index in [4.69, 9.17) is 20.9 Å². The van der Waals surface area contributed by atoms with Crippen LogP contribution in [0.2, 0.25) is 4.34 Å². The van der Waals surface area contributed by atoms with Crippen molar-refractivity contribution < 1.29 is 9.26 Å². The Morgan fingerprint density at radius 1 is 1.50 bits per heavy atom. The van der Waals surface area contributed by atoms with Crippen LogP contribution in [0, 0.1) is 0 Å². The molecule has 22 heavy (non-hydrogen) atoms. The van der Waals surface area contributed by atoms with Crippen LogP contribution >= 0.6 is 22.9 Å². The van der Waals surface area contributed by atoms with E-state index in [1.165, 1.54) is 4.88 Å². The second-order valence-corrected chi connectivity index (χ2v) is 7.37. The zero-order chi connectivity index (χ0) is 15.4. The Balaban J connectivity index is 1.59. The highest BCUT2D eigenvalue weighted by molar-refractivity contribution is 7.16. The standard InChI is InChI=1S/C15H20ClN3O2S/c1-20-8-6-14-17-15(21-18-14)11-3-2-7-19(9-11)10-12-4-5-13(16)22-12/h4-5,11H,2-3,6-10H2,1H3. The fraction of sp³-hybridized carbons (Fsp3) is 0.600. The molecule has 5 nitrogen and oxygen atoms in total. The Morgan fingerprint density at radius 2 is 2.41 bits per heavy atom. The molecule has 1 aliphatic rings. The number of likely N-dealkylation sites (tertiary alicyclic amines) is 1. The van der Waals surface area contributed by atoms with E-state index in [0.29, 0.717) is 18.9 Å². The number of hydrogen-bond acceptors (Lipinski definition) is 6. The summed E-state index contributed by atoms with van der Waals surface area (Å²) in [4.78, 5) is 8.26. The molecule has 120 valence electrons. The monoisotopic (exact) mass is 341 g/mol. The average molecular weight is 342 g/mol. The third-order valence-corrected chi connectivity index (χ3v) is 5.09. The van der Waals surface area contributed by atoms with Gasteiger partial charge in [-0.15, -0.1) is 11.3 Å². The van der Waals surface area contributed by atoms with Gasteiger partial charge < -0.3 is 9.26 Å². The van der Waals surface area contributed by atoms with Crippen molar-refractivity contribution in [3.05, 3.63) is 33.1 Å². The summed E-state index contributed by atoms with van der Waals surface area (Å²) in [6, 6.07) is 4.06. The van der Waals surface area contributed by atoms with Crippen LogP contribution in [0.25, 0.3) is 0 Å². The Hall–Kier alpha value is -0.950. The van der Waals surface area contributed by atoms with Crippen molar-refractivity contribution in [2.45, 2.75) is 31.7 Å². The van der Waals surface area contributed by atoms with Gasteiger partial charge in [0, 0.05) is 31.5 Å². The summed E-state index contributed by atoms with van der Waals surface area (Å²) < 4.78 is 11.3. The van der Waals surface area contributed by atoms with Gasteiger partial charge >= 0.3 is 0 Å². The minimum atomic E-state index is 0.327. The molecule has 0 spiro atoms. The predicted octanol–water partition coefficient (Wildman–Crippen LogP) is 3.35. The van der Waals surface area contributed by atoms with Crippen molar-refractivity contribution in [3.8, 4) is 0 Å². The average Bonchev–Trinajstić information content (AvgIpc) is 3.15. The summed E-state index contributed by atoms with van der Waals surface area (Å²) in [6.07, 6.45) is 2.96. The molecule has 1 unspecified atom stereocenters. The molecule has 1 aliphatic heterocycles. The Labute approximate surface area is 139 Å². The lowest BCUT2D eigenvalue weighted by Gasteiger charge is -2.30. The summed E-state index contributed by atoms with van der Waals surface area (Å²) in [5.74, 6) is 1.83. The summed E-state index contributed by atoms with van der Waals surface area (Å²) >= 11 is 7.65. The number of aromatic nitrogens is 2. The van der Waals surface area contributed by atoms with E-state index in [1.54, 1.807) is 18.4 Å². The molecule has 1 saturated heterocycles. The predicted molar refractivity (Wildman–Crippen MR) is 86.5 cm³/mol. The van der Waals surface area contributed by atoms with Gasteiger partial charge in [0.15, 0.2) is 5.82 Å². The van der Waals surface area contributed by atoms with E-state index in [9.17, 15) is 0 Å². The maximum Gasteiger partial charge on any atom is 0.231 e. The Bertz CT molecular complexity index is 601. The Kier molecular flexibility index (Phi) is 5.46. The maximum absolute atomic E-state index is 6.00. The molecule has 1 fully saturated rings. The number of thiophene rings is 1. The maximum atomic E-state index is 6.00. The van der Waals surface area contributed by atoms with Gasteiger partial charge in [-0.3, -0.25) is 4.90 Å². The van der Waals surface area contributed by atoms with Gasteiger partial charge in [-0.2, -0.15) is 4.98 Å². The highest BCUT2D eigenvalue weighted by Crippen LogP contribution is 2.29. The van der Waals surface area contributed by atoms with E-state index in [-0.39, 0.29) is 0 Å². The minimum Gasteiger partial charge on any atom is -0.384 e. The fourth-order valence-electron chi connectivity index (χ4n) is 2.79. The van der Waals surface area contributed by atoms with Gasteiger partial charge in [0.2, 0.25) is 5.89 Å². The lowest BCUT2D eigenvalue weighted by atomic mass is 9.98. The molecule has 0 amide bonds. The molecule has 0 bridgehead atoms. The Morgan fingerprint density at radius 3 is 3.18 bits per heavy atom. The van der Waals surface area contributed by atoms with Crippen molar-refractivity contribution in [2.75, 3.05) is 26.8 Å². The minimum absolute atomic E-state index is 0.327. The van der Waals surface area contributed by atoms with Gasteiger partial charge in [0.25, 0.3) is 0 Å². The first kappa shape index (κ1) is 15.9. The highest BCUT2D eigenvalue weighted by Gasteiger charge is 2.26. The van der Waals surface area contributed by atoms with Crippen molar-refractivity contribution in [1.82, 2.24) is 15.0 Å². The molecule has 3 rings (SSSR count). The van der Waals surface area contributed by atoms with E-state index in [1.807, 2.05) is 6.07 Å². The van der Waals surface area contributed by atoms with Crippen molar-refractivity contribution in [1.29, 1.82) is 0 Å². The lowest BCUT2D eigenvalue weighted by molar-refractivity contribution is 0.181. The summed E-state index contributed by atoms with van der Waals surface area (Å²) in [7, 11) is 1.68. The SMILES string of the molecule is COCCc1noc(C2CCCN(Cc3ccc(Cl)s3)C2)n1. The zero-order valence-corrected chi connectivity index (χ0v) is 14.2. The third-order valence-electron chi connectivity index (χ3n) is 3.88. The van der Waals surface area contributed by atoms with Crippen LogP contribution in [-0.2, 0) is 17.7 Å². The van der Waals surface area contributed by atoms with Gasteiger partial charge in [-0.25, -0.2) is 0 Å². The molecule has 0 aliphatic carbocycles. The van der Waals surface area contributed by atoms with E-state index in [2.05, 4.69) is 21.1 Å². The molecule has 0 aromatic carbocycles. The molecule has 7 heteroatoms. The van der Waals surface area contributed by atoms with Crippen molar-refractivity contribution in [2.24, 2.45) is 0 Å². The van der Waals surface area contributed by atoms with Crippen LogP contribution in [0.3, 0.4) is 0 Å². The molecular weight excluding hydrogens is 322 g/mol. The molecule has 0 N–H and O–H groups in total. The second kappa shape index (κ2) is 7.55. The van der Waals surface area contributed by atoms with Crippen LogP contribution in [-0.4, -0.2) is 41.8 Å². The number of hydrogen-bond donors (Lipinski definition) is 0. The first-order valence-corrected chi connectivity index (χ1v) is 8.72. The van der Waals surface area contributed by atoms with Gasteiger partial charge in [-0.05, 0) is 31.5 Å². The number of methoxy groups -OCH3 is 1. The molecule has 3 heterocycles. The van der Waals surface area contributed by atoms with E-state index >= 15 is 0 Å². The smallest absolute Gasteiger partial charge is 0.231 e. The lowest BCUT2D eigenvalue weighted by Crippen LogP contribution is -2.33. The summed E-state index contributed by atoms with van der Waals surface area (Å²) in [6.45, 7) is 3.63. The topological polar surface area (TPSA) is 51.4 Å². The van der Waals surface area contributed by atoms with Crippen molar-refractivity contribution in [3.63, 3.8) is 0 Å². The van der Waals surface area contributed by atoms with E-state index in [0.717, 1.165) is 48.5 Å². The number of rotatable bonds is 6. The fourth-order valence-corrected chi connectivity index (χ4v) is 3.92. The van der Waals surface area contributed by atoms with Crippen LogP contribution in [0.15, 0.2) is 16.7 Å². The first-order valence-electron chi connectivity index (χ1n) is 7.52. The van der Waals surface area contributed by atoms with Gasteiger partial charge in [-0.1, -0.05) is 16.8 Å². The molecular formula is C15H20ClN3O2S. The summed E-state index contributed by atoms with van der Waals surface area (Å²) in [5.41, 5.74) is 0. The number of halogens is 1. The zero-order valence-electron chi connectivity index (χ0n) is 12.6. The largest absolute Gasteiger partial charge is 0.384 e. The molecule has 2 aromatic rings. The third kappa shape index (κ3) is 4.07. The quantitative estimate of drug-likeness (QED) is 0.806. The normalized spacial score (nSPS) is 19.6. The van der Waals surface area contributed by atoms with Crippen LogP contribution < -0.4 is 0 Å². The van der Waals surface area contributed by atoms with Gasteiger partial charge in [0.05, 0.1) is 16.9 Å². The number of ether oxygens (including phenoxy) is 1.